The Morgan fingerprint density at radius 3 is 2.72 bits per heavy atom. The van der Waals surface area contributed by atoms with Crippen LogP contribution in [0.25, 0.3) is 10.2 Å². The van der Waals surface area contributed by atoms with Crippen LogP contribution in [0.2, 0.25) is 0 Å². The summed E-state index contributed by atoms with van der Waals surface area (Å²) in [5.74, 6) is 6.77. The maximum atomic E-state index is 5.40. The van der Waals surface area contributed by atoms with Crippen LogP contribution in [-0.2, 0) is 0 Å². The monoisotopic (exact) mass is 266 g/mol. The number of nitrogens with two attached hydrogens (primary N) is 1. The zero-order valence-electron chi connectivity index (χ0n) is 10.8. The molecular weight excluding hydrogens is 248 g/mol. The second-order valence-electron chi connectivity index (χ2n) is 4.38. The summed E-state index contributed by atoms with van der Waals surface area (Å²) in [5.41, 5.74) is 2.52. The molecule has 2 rings (SSSR count). The largest absolute Gasteiger partial charge is 0.358 e. The van der Waals surface area contributed by atoms with Gasteiger partial charge in [0.05, 0.1) is 5.39 Å². The molecule has 18 heavy (non-hydrogen) atoms. The Kier molecular flexibility index (Phi) is 3.95. The van der Waals surface area contributed by atoms with Gasteiger partial charge in [-0.15, -0.1) is 11.3 Å². The summed E-state index contributed by atoms with van der Waals surface area (Å²) in [6.45, 7) is 1.87. The lowest BCUT2D eigenvalue weighted by molar-refractivity contribution is 0.416. The lowest BCUT2D eigenvalue weighted by Gasteiger charge is -2.21. The molecule has 2 heterocycles. The van der Waals surface area contributed by atoms with Gasteiger partial charge in [-0.25, -0.2) is 10.8 Å². The van der Waals surface area contributed by atoms with Crippen LogP contribution in [0.3, 0.4) is 0 Å². The van der Waals surface area contributed by atoms with Crippen LogP contribution in [0.5, 0.6) is 0 Å². The Hall–Kier alpha value is -1.44. The SMILES string of the molecule is CN(C)CCN(C)c1nc(NN)nc2sccc12. The van der Waals surface area contributed by atoms with Gasteiger partial charge in [-0.2, -0.15) is 4.98 Å². The summed E-state index contributed by atoms with van der Waals surface area (Å²) in [6.07, 6.45) is 0. The predicted octanol–water partition coefficient (Wildman–Crippen LogP) is 0.975. The van der Waals surface area contributed by atoms with Crippen molar-refractivity contribution in [1.82, 2.24) is 14.9 Å². The minimum Gasteiger partial charge on any atom is -0.358 e. The lowest BCUT2D eigenvalue weighted by atomic mass is 10.3. The van der Waals surface area contributed by atoms with Gasteiger partial charge in [0.2, 0.25) is 5.95 Å². The van der Waals surface area contributed by atoms with Gasteiger partial charge >= 0.3 is 0 Å². The van der Waals surface area contributed by atoms with E-state index in [2.05, 4.69) is 39.3 Å². The highest BCUT2D eigenvalue weighted by Crippen LogP contribution is 2.28. The highest BCUT2D eigenvalue weighted by Gasteiger charge is 2.12. The van der Waals surface area contributed by atoms with Crippen LogP contribution in [0.15, 0.2) is 11.4 Å². The molecule has 6 nitrogen and oxygen atoms in total. The van der Waals surface area contributed by atoms with Crippen molar-refractivity contribution in [2.45, 2.75) is 0 Å². The van der Waals surface area contributed by atoms with E-state index in [1.54, 1.807) is 11.3 Å². The van der Waals surface area contributed by atoms with Gasteiger partial charge in [0.25, 0.3) is 0 Å². The fraction of sp³-hybridized carbons (Fsp3) is 0.455. The molecule has 98 valence electrons. The first-order chi connectivity index (χ1) is 8.61. The highest BCUT2D eigenvalue weighted by molar-refractivity contribution is 7.16. The number of anilines is 2. The van der Waals surface area contributed by atoms with E-state index in [1.165, 1.54) is 0 Å². The molecule has 0 aliphatic heterocycles. The number of nitrogens with one attached hydrogen (secondary N) is 1. The Morgan fingerprint density at radius 1 is 1.28 bits per heavy atom. The third-order valence-electron chi connectivity index (χ3n) is 2.68. The van der Waals surface area contributed by atoms with Crippen molar-refractivity contribution in [3.63, 3.8) is 0 Å². The first-order valence-electron chi connectivity index (χ1n) is 5.69. The van der Waals surface area contributed by atoms with Crippen LogP contribution in [0.1, 0.15) is 0 Å². The number of likely N-dealkylation sites (N-methyl/N-ethyl adjacent to an activating group) is 2. The third-order valence-corrected chi connectivity index (χ3v) is 3.48. The molecule has 0 amide bonds. The molecule has 2 aromatic rings. The Balaban J connectivity index is 2.32. The van der Waals surface area contributed by atoms with E-state index < -0.39 is 0 Å². The second kappa shape index (κ2) is 5.47. The molecule has 7 heteroatoms. The number of aromatic nitrogens is 2. The van der Waals surface area contributed by atoms with Crippen molar-refractivity contribution in [3.8, 4) is 0 Å². The second-order valence-corrected chi connectivity index (χ2v) is 5.27. The van der Waals surface area contributed by atoms with Gasteiger partial charge in [-0.3, -0.25) is 5.43 Å². The Bertz CT molecular complexity index is 523. The maximum Gasteiger partial charge on any atom is 0.240 e. The summed E-state index contributed by atoms with van der Waals surface area (Å²) in [5, 5.41) is 3.09. The van der Waals surface area contributed by atoms with E-state index in [-0.39, 0.29) is 0 Å². The molecule has 0 spiro atoms. The van der Waals surface area contributed by atoms with Crippen molar-refractivity contribution in [3.05, 3.63) is 11.4 Å². The average Bonchev–Trinajstić information content (AvgIpc) is 2.82. The zero-order chi connectivity index (χ0) is 13.1. The Morgan fingerprint density at radius 2 is 2.06 bits per heavy atom. The molecular formula is C11H18N6S. The minimum atomic E-state index is 0.455. The Labute approximate surface area is 110 Å². The van der Waals surface area contributed by atoms with Crippen molar-refractivity contribution < 1.29 is 0 Å². The first-order valence-corrected chi connectivity index (χ1v) is 6.57. The first kappa shape index (κ1) is 13.0. The molecule has 3 N–H and O–H groups in total. The molecule has 0 aromatic carbocycles. The number of nitrogens with zero attached hydrogens (tertiary/aromatic N) is 4. The third kappa shape index (κ3) is 2.69. The van der Waals surface area contributed by atoms with Gasteiger partial charge in [0, 0.05) is 20.1 Å². The van der Waals surface area contributed by atoms with Crippen molar-refractivity contribution in [2.24, 2.45) is 5.84 Å². The van der Waals surface area contributed by atoms with E-state index in [0.717, 1.165) is 29.1 Å². The standard InChI is InChI=1S/C11H18N6S/c1-16(2)5-6-17(3)9-8-4-7-18-10(8)14-11(13-9)15-12/h4,7H,5-6,12H2,1-3H3,(H,13,14,15). The van der Waals surface area contributed by atoms with Crippen molar-refractivity contribution in [2.75, 3.05) is 44.6 Å². The van der Waals surface area contributed by atoms with E-state index >= 15 is 0 Å². The van der Waals surface area contributed by atoms with Crippen LogP contribution in [-0.4, -0.2) is 49.1 Å². The highest BCUT2D eigenvalue weighted by atomic mass is 32.1. The molecule has 0 aliphatic carbocycles. The molecule has 0 saturated carbocycles. The van der Waals surface area contributed by atoms with Gasteiger partial charge in [-0.05, 0) is 25.5 Å². The van der Waals surface area contributed by atoms with E-state index in [4.69, 9.17) is 5.84 Å². The zero-order valence-corrected chi connectivity index (χ0v) is 11.7. The molecule has 0 saturated heterocycles. The number of rotatable bonds is 5. The topological polar surface area (TPSA) is 70.3 Å². The number of hydrogen-bond donors (Lipinski definition) is 2. The van der Waals surface area contributed by atoms with Crippen LogP contribution in [0, 0.1) is 0 Å². The summed E-state index contributed by atoms with van der Waals surface area (Å²) < 4.78 is 0. The van der Waals surface area contributed by atoms with Crippen molar-refractivity contribution in [1.29, 1.82) is 0 Å². The summed E-state index contributed by atoms with van der Waals surface area (Å²) in [4.78, 5) is 14.0. The van der Waals surface area contributed by atoms with E-state index in [0.29, 0.717) is 5.95 Å². The number of hydrogen-bond acceptors (Lipinski definition) is 7. The minimum absolute atomic E-state index is 0.455. The lowest BCUT2D eigenvalue weighted by Crippen LogP contribution is -2.29. The van der Waals surface area contributed by atoms with E-state index in [1.807, 2.05) is 18.5 Å². The average molecular weight is 266 g/mol. The predicted molar refractivity (Wildman–Crippen MR) is 77.0 cm³/mol. The number of thiophene rings is 1. The van der Waals surface area contributed by atoms with Crippen LogP contribution < -0.4 is 16.2 Å². The number of nitrogen functional groups attached to an aromatic ring is 1. The molecule has 0 unspecified atom stereocenters. The molecule has 0 aliphatic rings. The van der Waals surface area contributed by atoms with Gasteiger partial charge in [0.15, 0.2) is 0 Å². The van der Waals surface area contributed by atoms with Crippen molar-refractivity contribution >= 4 is 33.3 Å². The van der Waals surface area contributed by atoms with Gasteiger partial charge < -0.3 is 9.80 Å². The fourth-order valence-electron chi connectivity index (χ4n) is 1.65. The molecule has 0 radical (unpaired) electrons. The maximum absolute atomic E-state index is 5.40. The van der Waals surface area contributed by atoms with E-state index in [9.17, 15) is 0 Å². The summed E-state index contributed by atoms with van der Waals surface area (Å²) in [6, 6.07) is 2.04. The molecule has 0 atom stereocenters. The smallest absolute Gasteiger partial charge is 0.240 e. The molecule has 0 bridgehead atoms. The normalized spacial score (nSPS) is 11.2. The number of fused-ring (bicyclic) bond motifs is 1. The molecule has 2 aromatic heterocycles. The van der Waals surface area contributed by atoms with Gasteiger partial charge in [0.1, 0.15) is 10.6 Å². The summed E-state index contributed by atoms with van der Waals surface area (Å²) >= 11 is 1.59. The molecule has 0 fully saturated rings. The fourth-order valence-corrected chi connectivity index (χ4v) is 2.41. The quantitative estimate of drug-likeness (QED) is 0.621. The van der Waals surface area contributed by atoms with Crippen LogP contribution >= 0.6 is 11.3 Å². The van der Waals surface area contributed by atoms with Crippen LogP contribution in [0.4, 0.5) is 11.8 Å². The number of hydrazine groups is 1. The van der Waals surface area contributed by atoms with Gasteiger partial charge in [-0.1, -0.05) is 0 Å². The summed E-state index contributed by atoms with van der Waals surface area (Å²) in [7, 11) is 6.14.